The van der Waals surface area contributed by atoms with E-state index in [9.17, 15) is 14.7 Å². The molecule has 0 aliphatic rings. The summed E-state index contributed by atoms with van der Waals surface area (Å²) >= 11 is 0. The Morgan fingerprint density at radius 1 is 0.740 bits per heavy atom. The minimum absolute atomic E-state index is 0.0719. The van der Waals surface area contributed by atoms with Gasteiger partial charge < -0.3 is 37.3 Å². The number of nitrogens with zero attached hydrogens (tertiary/aromatic N) is 1. The van der Waals surface area contributed by atoms with Crippen molar-refractivity contribution in [1.29, 1.82) is 0 Å². The molecule has 10 nitrogen and oxygen atoms in total. The van der Waals surface area contributed by atoms with Crippen LogP contribution in [0.4, 0.5) is 10.6 Å². The molecule has 4 aromatic carbocycles. The number of hydrogen-bond acceptors (Lipinski definition) is 7. The second-order valence-corrected chi connectivity index (χ2v) is 12.4. The third-order valence-corrected chi connectivity index (χ3v) is 8.34. The molecule has 5 rings (SSSR count). The van der Waals surface area contributed by atoms with Crippen molar-refractivity contribution in [2.45, 2.75) is 50.9 Å². The molecule has 0 bridgehead atoms. The van der Waals surface area contributed by atoms with Crippen molar-refractivity contribution in [3.8, 4) is 11.5 Å². The van der Waals surface area contributed by atoms with E-state index >= 15 is 0 Å². The van der Waals surface area contributed by atoms with Crippen molar-refractivity contribution in [2.75, 3.05) is 12.3 Å². The van der Waals surface area contributed by atoms with Crippen molar-refractivity contribution >= 4 is 17.8 Å². The summed E-state index contributed by atoms with van der Waals surface area (Å²) in [5, 5.41) is 19.6. The summed E-state index contributed by atoms with van der Waals surface area (Å²) in [5.74, 6) is 0.967. The summed E-state index contributed by atoms with van der Waals surface area (Å²) in [6, 6.07) is 36.1. The number of aliphatic hydroxyl groups is 1. The zero-order valence-corrected chi connectivity index (χ0v) is 28.1. The van der Waals surface area contributed by atoms with Crippen molar-refractivity contribution in [3.05, 3.63) is 155 Å². The number of pyridine rings is 1. The summed E-state index contributed by atoms with van der Waals surface area (Å²) in [5.41, 5.74) is 17.0. The molecule has 5 aromatic rings. The zero-order valence-electron chi connectivity index (χ0n) is 28.1. The first-order valence-electron chi connectivity index (χ1n) is 16.6. The van der Waals surface area contributed by atoms with Crippen LogP contribution in [0.25, 0.3) is 0 Å². The second kappa shape index (κ2) is 17.6. The van der Waals surface area contributed by atoms with Crippen LogP contribution in [0.5, 0.6) is 11.5 Å². The lowest BCUT2D eigenvalue weighted by Gasteiger charge is -2.19. The van der Waals surface area contributed by atoms with Gasteiger partial charge in [0.25, 0.3) is 0 Å². The third kappa shape index (κ3) is 10.9. The molecule has 3 atom stereocenters. The Balaban J connectivity index is 1.08. The number of urea groups is 1. The number of rotatable bonds is 16. The number of carbonyl (C=O) groups is 2. The second-order valence-electron chi connectivity index (χ2n) is 12.4. The number of ether oxygens (including phenoxy) is 1. The average Bonchev–Trinajstić information content (AvgIpc) is 3.12. The van der Waals surface area contributed by atoms with Crippen LogP contribution in [-0.4, -0.2) is 34.6 Å². The minimum Gasteiger partial charge on any atom is -0.457 e. The van der Waals surface area contributed by atoms with Crippen LogP contribution in [0.15, 0.2) is 121 Å². The first-order valence-corrected chi connectivity index (χ1v) is 16.6. The summed E-state index contributed by atoms with van der Waals surface area (Å²) in [6.07, 6.45) is 2.03. The smallest absolute Gasteiger partial charge is 0.315 e. The highest BCUT2D eigenvalue weighted by molar-refractivity contribution is 5.82. The van der Waals surface area contributed by atoms with E-state index in [1.165, 1.54) is 0 Å². The topological polar surface area (TPSA) is 165 Å². The van der Waals surface area contributed by atoms with E-state index < -0.39 is 17.9 Å². The maximum atomic E-state index is 12.6. The van der Waals surface area contributed by atoms with Gasteiger partial charge in [-0.25, -0.2) is 9.78 Å². The molecule has 0 saturated carbocycles. The molecule has 8 N–H and O–H groups in total. The Kier molecular flexibility index (Phi) is 12.5. The molecule has 1 heterocycles. The minimum atomic E-state index is -0.703. The Morgan fingerprint density at radius 2 is 1.42 bits per heavy atom. The molecule has 50 heavy (non-hydrogen) atoms. The average molecular weight is 673 g/mol. The lowest BCUT2D eigenvalue weighted by atomic mass is 9.89. The van der Waals surface area contributed by atoms with Gasteiger partial charge in [-0.2, -0.15) is 0 Å². The number of para-hydroxylation sites is 1. The normalized spacial score (nSPS) is 12.8. The fourth-order valence-corrected chi connectivity index (χ4v) is 5.59. The number of benzene rings is 4. The Morgan fingerprint density at radius 3 is 2.14 bits per heavy atom. The maximum Gasteiger partial charge on any atom is 0.315 e. The van der Waals surface area contributed by atoms with Gasteiger partial charge in [0.15, 0.2) is 0 Å². The Labute approximate surface area is 292 Å². The predicted molar refractivity (Wildman–Crippen MR) is 195 cm³/mol. The highest BCUT2D eigenvalue weighted by Gasteiger charge is 2.20. The van der Waals surface area contributed by atoms with Gasteiger partial charge in [0.2, 0.25) is 5.91 Å². The quantitative estimate of drug-likeness (QED) is 0.0803. The Hall–Kier alpha value is -5.71. The summed E-state index contributed by atoms with van der Waals surface area (Å²) < 4.78 is 5.88. The fraction of sp³-hybridized carbons (Fsp3) is 0.225. The van der Waals surface area contributed by atoms with Crippen molar-refractivity contribution in [3.63, 3.8) is 0 Å². The highest BCUT2D eigenvalue weighted by atomic mass is 16.5. The summed E-state index contributed by atoms with van der Waals surface area (Å²) in [6.45, 7) is 3.12. The van der Waals surface area contributed by atoms with E-state index in [0.29, 0.717) is 49.6 Å². The van der Waals surface area contributed by atoms with E-state index in [2.05, 4.69) is 20.9 Å². The summed E-state index contributed by atoms with van der Waals surface area (Å²) in [4.78, 5) is 29.1. The van der Waals surface area contributed by atoms with E-state index in [1.807, 2.05) is 110 Å². The third-order valence-electron chi connectivity index (χ3n) is 8.34. The maximum absolute atomic E-state index is 12.6. The van der Waals surface area contributed by atoms with Crippen LogP contribution in [0.3, 0.4) is 0 Å². The van der Waals surface area contributed by atoms with Crippen molar-refractivity contribution < 1.29 is 19.4 Å². The van der Waals surface area contributed by atoms with E-state index in [1.54, 1.807) is 18.3 Å². The van der Waals surface area contributed by atoms with Crippen LogP contribution in [0.2, 0.25) is 0 Å². The largest absolute Gasteiger partial charge is 0.457 e. The van der Waals surface area contributed by atoms with E-state index in [0.717, 1.165) is 33.6 Å². The van der Waals surface area contributed by atoms with Crippen LogP contribution in [-0.2, 0) is 30.7 Å². The van der Waals surface area contributed by atoms with Crippen LogP contribution in [0.1, 0.15) is 52.3 Å². The molecular formula is C40H44N6O4. The first-order chi connectivity index (χ1) is 24.2. The SMILES string of the molecule is C[C@H](Cc1cccc(C(Cc2ccc(CNC(=O)NCc3cccc(Oc4ccccc4)c3)cc2)C(N)=O)c1)NC[C@H](O)c1ccc(N)nc1. The van der Waals surface area contributed by atoms with E-state index in [4.69, 9.17) is 16.2 Å². The molecule has 258 valence electrons. The number of anilines is 1. The van der Waals surface area contributed by atoms with Crippen LogP contribution in [0, 0.1) is 0 Å². The molecular weight excluding hydrogens is 628 g/mol. The number of hydrogen-bond donors (Lipinski definition) is 6. The number of primary amides is 1. The molecule has 3 amide bonds. The van der Waals surface area contributed by atoms with Gasteiger partial charge >= 0.3 is 6.03 Å². The monoisotopic (exact) mass is 672 g/mol. The fourth-order valence-electron chi connectivity index (χ4n) is 5.59. The molecule has 0 aliphatic carbocycles. The molecule has 0 fully saturated rings. The van der Waals surface area contributed by atoms with Crippen LogP contribution < -0.4 is 32.2 Å². The van der Waals surface area contributed by atoms with Gasteiger partial charge in [0, 0.05) is 37.4 Å². The number of amides is 3. The number of nitrogen functional groups attached to an aromatic ring is 1. The molecule has 1 unspecified atom stereocenters. The number of nitrogens with two attached hydrogens (primary N) is 2. The van der Waals surface area contributed by atoms with Gasteiger partial charge in [-0.3, -0.25) is 4.79 Å². The number of aromatic nitrogens is 1. The van der Waals surface area contributed by atoms with Crippen molar-refractivity contribution in [2.24, 2.45) is 5.73 Å². The molecule has 0 spiro atoms. The number of nitrogens with one attached hydrogen (secondary N) is 3. The first kappa shape index (κ1) is 35.6. The molecule has 0 saturated heterocycles. The standard InChI is InChI=1S/C40H44N6O4/c1-27(43-26-37(47)33-17-18-38(41)44-25-33)19-30-7-5-9-32(20-30)36(39(42)48)22-28-13-15-29(16-14-28)23-45-40(49)46-24-31-8-6-12-35(21-31)50-34-10-3-2-4-11-34/h2-18,20-21,25,27,36-37,43,47H,19,22-24,26H2,1H3,(H2,41,44)(H2,42,48)(H2,45,46,49)/t27-,36?,37+/m1/s1. The van der Waals surface area contributed by atoms with Gasteiger partial charge in [-0.15, -0.1) is 0 Å². The molecule has 0 radical (unpaired) electrons. The lowest BCUT2D eigenvalue weighted by Crippen LogP contribution is -2.34. The number of aliphatic hydroxyl groups excluding tert-OH is 1. The van der Waals surface area contributed by atoms with Gasteiger partial charge in [0.1, 0.15) is 17.3 Å². The number of carbonyl (C=O) groups excluding carboxylic acids is 2. The van der Waals surface area contributed by atoms with Gasteiger partial charge in [-0.05, 0) is 77.9 Å². The molecule has 1 aromatic heterocycles. The highest BCUT2D eigenvalue weighted by Crippen LogP contribution is 2.24. The Bertz CT molecular complexity index is 1830. The zero-order chi connectivity index (χ0) is 35.3. The molecule has 0 aliphatic heterocycles. The van der Waals surface area contributed by atoms with E-state index in [-0.39, 0.29) is 12.1 Å². The predicted octanol–water partition coefficient (Wildman–Crippen LogP) is 5.52. The summed E-state index contributed by atoms with van der Waals surface area (Å²) in [7, 11) is 0. The van der Waals surface area contributed by atoms with Crippen LogP contribution >= 0.6 is 0 Å². The lowest BCUT2D eigenvalue weighted by molar-refractivity contribution is -0.119. The van der Waals surface area contributed by atoms with Crippen molar-refractivity contribution in [1.82, 2.24) is 20.9 Å². The van der Waals surface area contributed by atoms with Gasteiger partial charge in [0.05, 0.1) is 12.0 Å². The molecule has 10 heteroatoms. The van der Waals surface area contributed by atoms with Gasteiger partial charge in [-0.1, -0.05) is 84.9 Å².